The average molecular weight is 386 g/mol. The first-order valence-corrected chi connectivity index (χ1v) is 10.2. The Morgan fingerprint density at radius 2 is 2.07 bits per heavy atom. The normalized spacial score (nSPS) is 14.9. The first kappa shape index (κ1) is 20.3. The van der Waals surface area contributed by atoms with Crippen molar-refractivity contribution in [2.45, 2.75) is 78.3 Å². The number of rotatable bonds is 6. The molecule has 0 spiro atoms. The summed E-state index contributed by atoms with van der Waals surface area (Å²) in [6.07, 6.45) is 9.90. The Morgan fingerprint density at radius 1 is 1.29 bits per heavy atom. The van der Waals surface area contributed by atoms with Crippen LogP contribution < -0.4 is 10.9 Å². The van der Waals surface area contributed by atoms with E-state index in [-0.39, 0.29) is 23.4 Å². The Hall–Kier alpha value is -2.44. The van der Waals surface area contributed by atoms with Gasteiger partial charge in [-0.05, 0) is 59.8 Å². The molecule has 0 saturated heterocycles. The molecule has 7 heteroatoms. The number of allylic oxidation sites excluding steroid dienone is 1. The van der Waals surface area contributed by atoms with Gasteiger partial charge in [-0.25, -0.2) is 9.67 Å². The number of aryl methyl sites for hydroxylation is 1. The molecule has 0 saturated carbocycles. The first-order chi connectivity index (χ1) is 13.3. The van der Waals surface area contributed by atoms with Crippen LogP contribution in [-0.4, -0.2) is 31.8 Å². The fraction of sp³-hybridized carbons (Fsp3) is 0.619. The minimum Gasteiger partial charge on any atom is -0.356 e. The Kier molecular flexibility index (Phi) is 6.01. The number of hydrogen-bond acceptors (Lipinski definition) is 4. The van der Waals surface area contributed by atoms with E-state index in [9.17, 15) is 9.59 Å². The van der Waals surface area contributed by atoms with E-state index < -0.39 is 0 Å². The Bertz CT molecular complexity index is 946. The van der Waals surface area contributed by atoms with E-state index in [1.54, 1.807) is 22.4 Å². The molecule has 0 fully saturated rings. The number of nitrogens with one attached hydrogen (secondary N) is 1. The van der Waals surface area contributed by atoms with Crippen LogP contribution in [0.25, 0.3) is 11.0 Å². The maximum atomic E-state index is 12.9. The largest absolute Gasteiger partial charge is 0.356 e. The number of hydrogen-bond donors (Lipinski definition) is 1. The molecule has 1 aliphatic carbocycles. The van der Waals surface area contributed by atoms with Gasteiger partial charge in [0.25, 0.3) is 5.56 Å². The van der Waals surface area contributed by atoms with Crippen LogP contribution in [0.1, 0.15) is 65.1 Å². The molecule has 0 atom stereocenters. The number of amides is 1. The molecule has 1 aliphatic rings. The summed E-state index contributed by atoms with van der Waals surface area (Å²) >= 11 is 0. The lowest BCUT2D eigenvalue weighted by atomic mass is 9.97. The van der Waals surface area contributed by atoms with Crippen LogP contribution in [0.2, 0.25) is 0 Å². The van der Waals surface area contributed by atoms with Crippen LogP contribution in [0, 0.1) is 6.92 Å². The van der Waals surface area contributed by atoms with Gasteiger partial charge in [0.2, 0.25) is 5.91 Å². The molecule has 0 bridgehead atoms. The van der Waals surface area contributed by atoms with Gasteiger partial charge < -0.3 is 5.32 Å². The third-order valence-electron chi connectivity index (χ3n) is 5.23. The van der Waals surface area contributed by atoms with E-state index >= 15 is 0 Å². The summed E-state index contributed by atoms with van der Waals surface area (Å²) in [7, 11) is 0. The summed E-state index contributed by atoms with van der Waals surface area (Å²) in [5.74, 6) is 0.567. The van der Waals surface area contributed by atoms with E-state index in [0.29, 0.717) is 29.9 Å². The van der Waals surface area contributed by atoms with Gasteiger partial charge in [0, 0.05) is 19.5 Å². The van der Waals surface area contributed by atoms with Crippen molar-refractivity contribution >= 4 is 16.9 Å². The lowest BCUT2D eigenvalue weighted by Crippen LogP contribution is -2.30. The molecule has 3 rings (SSSR count). The highest BCUT2D eigenvalue weighted by atomic mass is 16.1. The van der Waals surface area contributed by atoms with Gasteiger partial charge in [-0.2, -0.15) is 5.10 Å². The topological polar surface area (TPSA) is 81.8 Å². The molecule has 2 aromatic rings. The van der Waals surface area contributed by atoms with Crippen LogP contribution in [-0.2, 0) is 16.9 Å². The maximum absolute atomic E-state index is 12.9. The summed E-state index contributed by atoms with van der Waals surface area (Å²) in [5.41, 5.74) is 1.65. The van der Waals surface area contributed by atoms with Gasteiger partial charge in [0.1, 0.15) is 11.2 Å². The summed E-state index contributed by atoms with van der Waals surface area (Å²) in [5, 5.41) is 7.81. The molecule has 0 unspecified atom stereocenters. The van der Waals surface area contributed by atoms with Gasteiger partial charge in [0.05, 0.1) is 11.7 Å². The lowest BCUT2D eigenvalue weighted by molar-refractivity contribution is -0.121. The minimum atomic E-state index is -0.256. The third-order valence-corrected chi connectivity index (χ3v) is 5.23. The second kappa shape index (κ2) is 8.29. The summed E-state index contributed by atoms with van der Waals surface area (Å²) in [4.78, 5) is 29.6. The highest BCUT2D eigenvalue weighted by Crippen LogP contribution is 2.20. The number of nitrogens with zero attached hydrogens (tertiary/aromatic N) is 4. The highest BCUT2D eigenvalue weighted by molar-refractivity contribution is 5.76. The van der Waals surface area contributed by atoms with Crippen molar-refractivity contribution < 1.29 is 4.79 Å². The monoisotopic (exact) mass is 385 g/mol. The Balaban J connectivity index is 1.63. The van der Waals surface area contributed by atoms with E-state index in [2.05, 4.69) is 21.5 Å². The summed E-state index contributed by atoms with van der Waals surface area (Å²) in [6.45, 7) is 8.85. The van der Waals surface area contributed by atoms with Crippen molar-refractivity contribution in [2.75, 3.05) is 6.54 Å². The van der Waals surface area contributed by atoms with Crippen molar-refractivity contribution in [2.24, 2.45) is 0 Å². The highest BCUT2D eigenvalue weighted by Gasteiger charge is 2.21. The van der Waals surface area contributed by atoms with Crippen LogP contribution in [0.15, 0.2) is 22.6 Å². The standard InChI is InChI=1S/C21H31N5O2/c1-15-24-19-17(14-23-26(19)21(2,3)4)20(28)25(15)13-11-18(27)22-12-10-16-8-6-5-7-9-16/h8,14H,5-7,9-13H2,1-4H3,(H,22,27). The predicted octanol–water partition coefficient (Wildman–Crippen LogP) is 3.05. The maximum Gasteiger partial charge on any atom is 0.264 e. The molecule has 2 heterocycles. The SMILES string of the molecule is Cc1nc2c(cnn2C(C)(C)C)c(=O)n1CCC(=O)NCCC1=CCCCC1. The Morgan fingerprint density at radius 3 is 2.75 bits per heavy atom. The lowest BCUT2D eigenvalue weighted by Gasteiger charge is -2.20. The van der Waals surface area contributed by atoms with Crippen LogP contribution in [0.3, 0.4) is 0 Å². The van der Waals surface area contributed by atoms with Crippen molar-refractivity contribution in [3.05, 3.63) is 34.0 Å². The van der Waals surface area contributed by atoms with Crippen LogP contribution >= 0.6 is 0 Å². The molecular formula is C21H31N5O2. The third kappa shape index (κ3) is 4.51. The van der Waals surface area contributed by atoms with Gasteiger partial charge in [-0.1, -0.05) is 11.6 Å². The number of fused-ring (bicyclic) bond motifs is 1. The van der Waals surface area contributed by atoms with E-state index in [1.807, 2.05) is 20.8 Å². The second-order valence-electron chi connectivity index (χ2n) is 8.54. The zero-order valence-electron chi connectivity index (χ0n) is 17.4. The quantitative estimate of drug-likeness (QED) is 0.775. The van der Waals surface area contributed by atoms with Crippen molar-refractivity contribution in [3.8, 4) is 0 Å². The molecule has 0 radical (unpaired) electrons. The summed E-state index contributed by atoms with van der Waals surface area (Å²) in [6, 6.07) is 0. The van der Waals surface area contributed by atoms with Gasteiger partial charge >= 0.3 is 0 Å². The number of aromatic nitrogens is 4. The van der Waals surface area contributed by atoms with E-state index in [1.165, 1.54) is 18.4 Å². The molecule has 28 heavy (non-hydrogen) atoms. The fourth-order valence-corrected chi connectivity index (χ4v) is 3.66. The predicted molar refractivity (Wildman–Crippen MR) is 110 cm³/mol. The van der Waals surface area contributed by atoms with E-state index in [4.69, 9.17) is 0 Å². The second-order valence-corrected chi connectivity index (χ2v) is 8.54. The first-order valence-electron chi connectivity index (χ1n) is 10.2. The van der Waals surface area contributed by atoms with Crippen molar-refractivity contribution in [1.29, 1.82) is 0 Å². The molecule has 1 N–H and O–H groups in total. The zero-order valence-corrected chi connectivity index (χ0v) is 17.4. The van der Waals surface area contributed by atoms with Crippen molar-refractivity contribution in [1.82, 2.24) is 24.6 Å². The molecule has 7 nitrogen and oxygen atoms in total. The van der Waals surface area contributed by atoms with Gasteiger partial charge in [0.15, 0.2) is 5.65 Å². The van der Waals surface area contributed by atoms with E-state index in [0.717, 1.165) is 19.3 Å². The number of carbonyl (C=O) groups is 1. The minimum absolute atomic E-state index is 0.0341. The molecule has 1 amide bonds. The fourth-order valence-electron chi connectivity index (χ4n) is 3.66. The van der Waals surface area contributed by atoms with Gasteiger partial charge in [-0.15, -0.1) is 0 Å². The molecule has 152 valence electrons. The smallest absolute Gasteiger partial charge is 0.264 e. The molecular weight excluding hydrogens is 354 g/mol. The number of carbonyl (C=O) groups excluding carboxylic acids is 1. The zero-order chi connectivity index (χ0) is 20.3. The van der Waals surface area contributed by atoms with Gasteiger partial charge in [-0.3, -0.25) is 14.2 Å². The summed E-state index contributed by atoms with van der Waals surface area (Å²) < 4.78 is 3.34. The molecule has 0 aromatic carbocycles. The molecule has 2 aromatic heterocycles. The van der Waals surface area contributed by atoms with Crippen molar-refractivity contribution in [3.63, 3.8) is 0 Å². The Labute approximate surface area is 165 Å². The van der Waals surface area contributed by atoms with Crippen LogP contribution in [0.4, 0.5) is 0 Å². The molecule has 0 aliphatic heterocycles. The average Bonchev–Trinajstić information content (AvgIpc) is 3.06. The van der Waals surface area contributed by atoms with Crippen LogP contribution in [0.5, 0.6) is 0 Å².